The molecule has 4 heterocycles. The molecule has 55 heavy (non-hydrogen) atoms. The number of rotatable bonds is 12. The highest BCUT2D eigenvalue weighted by molar-refractivity contribution is 6.01. The van der Waals surface area contributed by atoms with E-state index >= 15 is 4.39 Å². The molecule has 0 bridgehead atoms. The van der Waals surface area contributed by atoms with Crippen LogP contribution < -0.4 is 16.0 Å². The van der Waals surface area contributed by atoms with Gasteiger partial charge in [0.2, 0.25) is 11.8 Å². The maximum absolute atomic E-state index is 16.0. The first-order valence-electron chi connectivity index (χ1n) is 19.7. The predicted octanol–water partition coefficient (Wildman–Crippen LogP) is 4.43. The standard InChI is InChI=1S/C40H55FN8O6/c1-5-48-32(12-18-42-48)36(50)46-35(27-8-6-25(2)7-9-27)38(52)44-31-11-10-28(24-30(31)41)26(3)34(39(53)47-20-16-40(4,54)17-21-47)45-37(51)33-13-19-43-49(33)29-14-22-55-23-15-29/h10-13,18-19,24-27,29,34-35,54H,5-9,14-17,20-23H2,1-4H3,(H,44,52)(H,45,51)(H,46,50)/t25-,26-,27+,34-,35+/m1/s1. The lowest BCUT2D eigenvalue weighted by molar-refractivity contribution is -0.137. The Bertz CT molecular complexity index is 1820. The molecule has 3 fully saturated rings. The molecule has 2 aromatic heterocycles. The molecular formula is C40H55FN8O6. The smallest absolute Gasteiger partial charge is 0.270 e. The summed E-state index contributed by atoms with van der Waals surface area (Å²) >= 11 is 0. The molecule has 14 nitrogen and oxygen atoms in total. The van der Waals surface area contributed by atoms with E-state index < -0.39 is 47.1 Å². The predicted molar refractivity (Wildman–Crippen MR) is 203 cm³/mol. The summed E-state index contributed by atoms with van der Waals surface area (Å²) in [7, 11) is 0. The topological polar surface area (TPSA) is 173 Å². The number of hydrogen-bond acceptors (Lipinski definition) is 8. The van der Waals surface area contributed by atoms with E-state index in [1.54, 1.807) is 52.5 Å². The maximum Gasteiger partial charge on any atom is 0.270 e. The number of piperidine rings is 1. The molecule has 0 unspecified atom stereocenters. The Labute approximate surface area is 321 Å². The minimum Gasteiger partial charge on any atom is -0.390 e. The average molecular weight is 763 g/mol. The van der Waals surface area contributed by atoms with E-state index in [1.165, 1.54) is 18.3 Å². The third-order valence-electron chi connectivity index (χ3n) is 11.8. The summed E-state index contributed by atoms with van der Waals surface area (Å²) in [5, 5.41) is 27.7. The number of benzene rings is 1. The van der Waals surface area contributed by atoms with Crippen LogP contribution in [-0.4, -0.2) is 97.2 Å². The van der Waals surface area contributed by atoms with Gasteiger partial charge in [-0.1, -0.05) is 32.8 Å². The number of likely N-dealkylation sites (tertiary alicyclic amines) is 1. The first-order valence-corrected chi connectivity index (χ1v) is 19.7. The fourth-order valence-corrected chi connectivity index (χ4v) is 8.06. The number of nitrogens with one attached hydrogen (secondary N) is 3. The van der Waals surface area contributed by atoms with Crippen molar-refractivity contribution in [3.05, 3.63) is 65.5 Å². The Balaban J connectivity index is 1.21. The maximum atomic E-state index is 16.0. The minimum absolute atomic E-state index is 0.0216. The fraction of sp³-hybridized carbons (Fsp3) is 0.600. The Morgan fingerprint density at radius 2 is 1.60 bits per heavy atom. The normalized spacial score (nSPS) is 22.0. The second-order valence-electron chi connectivity index (χ2n) is 15.8. The molecular weight excluding hydrogens is 707 g/mol. The number of anilines is 1. The van der Waals surface area contributed by atoms with Crippen LogP contribution in [0.2, 0.25) is 0 Å². The Hall–Kier alpha value is -4.63. The molecule has 1 aliphatic carbocycles. The lowest BCUT2D eigenvalue weighted by Crippen LogP contribution is -2.54. The molecule has 298 valence electrons. The van der Waals surface area contributed by atoms with Gasteiger partial charge < -0.3 is 30.7 Å². The molecule has 1 saturated carbocycles. The van der Waals surface area contributed by atoms with Crippen LogP contribution in [0.25, 0.3) is 0 Å². The van der Waals surface area contributed by atoms with Gasteiger partial charge in [-0.15, -0.1) is 0 Å². The Morgan fingerprint density at radius 3 is 2.27 bits per heavy atom. The first kappa shape index (κ1) is 40.0. The van der Waals surface area contributed by atoms with E-state index in [2.05, 4.69) is 33.1 Å². The summed E-state index contributed by atoms with van der Waals surface area (Å²) in [5.74, 6) is -2.76. The molecule has 3 atom stereocenters. The second kappa shape index (κ2) is 17.4. The summed E-state index contributed by atoms with van der Waals surface area (Å²) in [4.78, 5) is 56.9. The molecule has 1 aromatic carbocycles. The summed E-state index contributed by atoms with van der Waals surface area (Å²) in [6.07, 6.45) is 8.61. The van der Waals surface area contributed by atoms with Crippen molar-refractivity contribution in [3.63, 3.8) is 0 Å². The van der Waals surface area contributed by atoms with E-state index in [1.807, 2.05) is 6.92 Å². The molecule has 4 N–H and O–H groups in total. The van der Waals surface area contributed by atoms with Crippen LogP contribution in [0.15, 0.2) is 42.7 Å². The van der Waals surface area contributed by atoms with Crippen LogP contribution in [0, 0.1) is 17.7 Å². The first-order chi connectivity index (χ1) is 26.3. The van der Waals surface area contributed by atoms with Crippen molar-refractivity contribution in [3.8, 4) is 0 Å². The van der Waals surface area contributed by atoms with Crippen LogP contribution in [-0.2, 0) is 20.9 Å². The highest BCUT2D eigenvalue weighted by Crippen LogP contribution is 2.32. The quantitative estimate of drug-likeness (QED) is 0.210. The number of carbonyl (C=O) groups is 4. The zero-order valence-electron chi connectivity index (χ0n) is 32.3. The SMILES string of the molecule is CCn1nccc1C(=O)N[C@H](C(=O)Nc1ccc([C@@H](C)[C@@H](NC(=O)c2ccnn2C2CCOCC2)C(=O)N2CCC(C)(O)CC2)cc1F)[C@H]1CC[C@@H](C)CC1. The number of amides is 4. The lowest BCUT2D eigenvalue weighted by Gasteiger charge is -2.38. The van der Waals surface area contributed by atoms with Gasteiger partial charge in [-0.2, -0.15) is 10.2 Å². The van der Waals surface area contributed by atoms with Crippen molar-refractivity contribution >= 4 is 29.3 Å². The van der Waals surface area contributed by atoms with E-state index in [0.717, 1.165) is 25.7 Å². The van der Waals surface area contributed by atoms with Crippen LogP contribution in [0.1, 0.15) is 118 Å². The monoisotopic (exact) mass is 762 g/mol. The van der Waals surface area contributed by atoms with Gasteiger partial charge in [0, 0.05) is 51.2 Å². The third-order valence-corrected chi connectivity index (χ3v) is 11.8. The summed E-state index contributed by atoms with van der Waals surface area (Å²) in [5.41, 5.74) is 0.142. The number of halogens is 1. The van der Waals surface area contributed by atoms with Gasteiger partial charge in [0.1, 0.15) is 29.3 Å². The molecule has 2 saturated heterocycles. The van der Waals surface area contributed by atoms with E-state index in [-0.39, 0.29) is 23.6 Å². The van der Waals surface area contributed by atoms with Crippen molar-refractivity contribution in [2.45, 2.75) is 115 Å². The van der Waals surface area contributed by atoms with Crippen molar-refractivity contribution in [1.29, 1.82) is 0 Å². The summed E-state index contributed by atoms with van der Waals surface area (Å²) in [6, 6.07) is 5.60. The largest absolute Gasteiger partial charge is 0.390 e. The van der Waals surface area contributed by atoms with Crippen LogP contribution in [0.4, 0.5) is 10.1 Å². The number of aliphatic hydroxyl groups is 1. The van der Waals surface area contributed by atoms with Gasteiger partial charge in [-0.25, -0.2) is 4.39 Å². The number of ether oxygens (including phenoxy) is 1. The molecule has 4 amide bonds. The number of hydrogen-bond donors (Lipinski definition) is 4. The number of aryl methyl sites for hydroxylation is 1. The van der Waals surface area contributed by atoms with Gasteiger partial charge in [-0.3, -0.25) is 28.5 Å². The van der Waals surface area contributed by atoms with Gasteiger partial charge in [0.15, 0.2) is 0 Å². The average Bonchev–Trinajstić information content (AvgIpc) is 3.88. The van der Waals surface area contributed by atoms with Crippen LogP contribution in [0.5, 0.6) is 0 Å². The highest BCUT2D eigenvalue weighted by atomic mass is 19.1. The van der Waals surface area contributed by atoms with Gasteiger partial charge in [-0.05, 0) is 94.0 Å². The summed E-state index contributed by atoms with van der Waals surface area (Å²) in [6.45, 7) is 9.76. The summed E-state index contributed by atoms with van der Waals surface area (Å²) < 4.78 is 24.7. The zero-order chi connectivity index (χ0) is 39.3. The van der Waals surface area contributed by atoms with Crippen molar-refractivity contribution in [2.24, 2.45) is 11.8 Å². The molecule has 3 aliphatic rings. The van der Waals surface area contributed by atoms with E-state index in [4.69, 9.17) is 4.74 Å². The number of carbonyl (C=O) groups excluding carboxylic acids is 4. The number of aromatic nitrogens is 4. The van der Waals surface area contributed by atoms with Gasteiger partial charge >= 0.3 is 0 Å². The van der Waals surface area contributed by atoms with Gasteiger partial charge in [0.25, 0.3) is 11.8 Å². The van der Waals surface area contributed by atoms with E-state index in [0.29, 0.717) is 81.4 Å². The molecule has 15 heteroatoms. The highest BCUT2D eigenvalue weighted by Gasteiger charge is 2.38. The van der Waals surface area contributed by atoms with Crippen LogP contribution in [0.3, 0.4) is 0 Å². The van der Waals surface area contributed by atoms with Crippen molar-refractivity contribution < 1.29 is 33.4 Å². The molecule has 6 rings (SSSR count). The lowest BCUT2D eigenvalue weighted by atomic mass is 9.79. The van der Waals surface area contributed by atoms with Crippen LogP contribution >= 0.6 is 0 Å². The molecule has 2 aliphatic heterocycles. The second-order valence-corrected chi connectivity index (χ2v) is 15.8. The van der Waals surface area contributed by atoms with Crippen molar-refractivity contribution in [2.75, 3.05) is 31.6 Å². The Morgan fingerprint density at radius 1 is 0.945 bits per heavy atom. The van der Waals surface area contributed by atoms with E-state index in [9.17, 15) is 24.3 Å². The Kier molecular flexibility index (Phi) is 12.7. The number of nitrogens with zero attached hydrogens (tertiary/aromatic N) is 5. The van der Waals surface area contributed by atoms with Crippen molar-refractivity contribution in [1.82, 2.24) is 35.1 Å². The molecule has 3 aromatic rings. The van der Waals surface area contributed by atoms with Gasteiger partial charge in [0.05, 0.1) is 17.3 Å². The fourth-order valence-electron chi connectivity index (χ4n) is 8.06. The molecule has 0 radical (unpaired) electrons. The zero-order valence-corrected chi connectivity index (χ0v) is 32.3. The third kappa shape index (κ3) is 9.43. The molecule has 0 spiro atoms. The minimum atomic E-state index is -1.07.